The first-order valence-corrected chi connectivity index (χ1v) is 22.2. The topological polar surface area (TPSA) is 225 Å². The number of amides is 1. The molecule has 1 heterocycles. The zero-order valence-corrected chi connectivity index (χ0v) is 38.8. The summed E-state index contributed by atoms with van der Waals surface area (Å²) in [5.74, 6) is -0.940. The number of hydrogen-bond acceptors (Lipinski definition) is 11. The lowest BCUT2D eigenvalue weighted by Crippen LogP contribution is -2.43. The van der Waals surface area contributed by atoms with E-state index < -0.39 is 61.6 Å². The number of carboxylic acids is 1. The quantitative estimate of drug-likeness (QED) is 0.0542. The molecule has 0 aliphatic heterocycles. The second-order valence-corrected chi connectivity index (χ2v) is 16.1. The summed E-state index contributed by atoms with van der Waals surface area (Å²) in [6, 6.07) is 17.7. The van der Waals surface area contributed by atoms with Crippen molar-refractivity contribution in [3.63, 3.8) is 0 Å². The van der Waals surface area contributed by atoms with Gasteiger partial charge in [-0.25, -0.2) is 14.2 Å². The molecule has 2 unspecified atom stereocenters. The van der Waals surface area contributed by atoms with Gasteiger partial charge in [-0.2, -0.15) is 13.2 Å². The lowest BCUT2D eigenvalue weighted by atomic mass is 10.0. The van der Waals surface area contributed by atoms with E-state index in [2.05, 4.69) is 18.3 Å². The van der Waals surface area contributed by atoms with Gasteiger partial charge in [0.25, 0.3) is 5.56 Å². The van der Waals surface area contributed by atoms with Crippen molar-refractivity contribution in [3.05, 3.63) is 116 Å². The first-order valence-electron chi connectivity index (χ1n) is 19.9. The predicted octanol–water partition coefficient (Wildman–Crippen LogP) is 5.60. The van der Waals surface area contributed by atoms with E-state index in [9.17, 15) is 41.7 Å². The highest BCUT2D eigenvalue weighted by molar-refractivity contribution is 7.51. The molecule has 4 aromatic rings. The Morgan fingerprint density at radius 2 is 1.60 bits per heavy atom. The number of alkyl halides is 4. The van der Waals surface area contributed by atoms with Gasteiger partial charge < -0.3 is 38.7 Å². The van der Waals surface area contributed by atoms with E-state index in [-0.39, 0.29) is 30.1 Å². The van der Waals surface area contributed by atoms with Gasteiger partial charge in [-0.1, -0.05) is 44.2 Å². The Morgan fingerprint density at radius 1 is 0.954 bits per heavy atom. The van der Waals surface area contributed by atoms with Crippen molar-refractivity contribution >= 4 is 42.7 Å². The maximum Gasteiger partial charge on any atom is 0.431 e. The number of ether oxygens (including phenoxy) is 4. The van der Waals surface area contributed by atoms with Crippen LogP contribution in [-0.4, -0.2) is 93.6 Å². The summed E-state index contributed by atoms with van der Waals surface area (Å²) in [6.07, 6.45) is -4.63. The SMILES string of the molecule is CCc1ccc(COc2ccc(-n3c(=O)cc(C(F)(F)F)n(C)c3=O)cc2)c(OC(C)C(=O)OC)c1.CCc1cccc(C)c1N(C(=O)CCl)C(C)COC.O=C(O)CNCP(=O)(O)O. The number of nitrogens with one attached hydrogen (secondary N) is 1. The van der Waals surface area contributed by atoms with Gasteiger partial charge in [-0.15, -0.1) is 11.6 Å². The van der Waals surface area contributed by atoms with Crippen molar-refractivity contribution in [2.24, 2.45) is 7.05 Å². The van der Waals surface area contributed by atoms with Gasteiger partial charge >= 0.3 is 31.4 Å². The standard InChI is InChI=1S/C25H25F3N2O6.C15H22ClNO2.C3H8NO5P/c1-5-16-6-7-17(20(12-16)36-15(2)23(32)34-4)14-35-19-10-8-18(9-11-19)30-22(31)13-21(25(26,27)28)29(3)24(30)33;1-5-13-8-6-7-11(2)15(13)17(14(18)9-16)12(3)10-19-4;5-3(6)1-4-2-10(7,8)9/h6-13,15H,5,14H2,1-4H3;6-8,12H,5,9-10H2,1-4H3;4H,1-2H2,(H,5,6)(H2,7,8,9). The molecule has 4 rings (SSSR count). The molecule has 0 aliphatic rings. The summed E-state index contributed by atoms with van der Waals surface area (Å²) in [5.41, 5.74) is 1.41. The van der Waals surface area contributed by atoms with Crippen molar-refractivity contribution in [2.45, 2.75) is 72.4 Å². The highest BCUT2D eigenvalue weighted by Gasteiger charge is 2.35. The van der Waals surface area contributed by atoms with Gasteiger partial charge in [-0.05, 0) is 80.6 Å². The summed E-state index contributed by atoms with van der Waals surface area (Å²) in [4.78, 5) is 76.6. The van der Waals surface area contributed by atoms with Crippen LogP contribution in [0.5, 0.6) is 11.5 Å². The number of carbonyl (C=O) groups excluding carboxylic acids is 2. The minimum atomic E-state index is -4.84. The normalized spacial score (nSPS) is 12.1. The summed E-state index contributed by atoms with van der Waals surface area (Å²) in [7, 11) is -0.241. The monoisotopic (exact) mass is 958 g/mol. The second kappa shape index (κ2) is 25.8. The zero-order valence-electron chi connectivity index (χ0n) is 37.2. The van der Waals surface area contributed by atoms with Gasteiger partial charge in [0.05, 0.1) is 44.0 Å². The highest BCUT2D eigenvalue weighted by Crippen LogP contribution is 2.32. The Hall–Kier alpha value is -5.50. The van der Waals surface area contributed by atoms with Crippen LogP contribution in [-0.2, 0) is 61.1 Å². The van der Waals surface area contributed by atoms with E-state index >= 15 is 0 Å². The Balaban J connectivity index is 0.000000415. The fourth-order valence-electron chi connectivity index (χ4n) is 6.07. The third kappa shape index (κ3) is 17.1. The number of esters is 1. The summed E-state index contributed by atoms with van der Waals surface area (Å²) >= 11 is 5.76. The van der Waals surface area contributed by atoms with E-state index in [1.807, 2.05) is 51.1 Å². The van der Waals surface area contributed by atoms with Gasteiger partial charge in [0, 0.05) is 25.8 Å². The number of nitrogens with zero attached hydrogens (tertiary/aromatic N) is 3. The van der Waals surface area contributed by atoms with Crippen molar-refractivity contribution in [1.29, 1.82) is 0 Å². The molecule has 358 valence electrons. The van der Waals surface area contributed by atoms with Crippen LogP contribution < -0.4 is 30.9 Å². The summed E-state index contributed by atoms with van der Waals surface area (Å²) < 4.78 is 71.7. The minimum absolute atomic E-state index is 0.0223. The maximum absolute atomic E-state index is 13.1. The predicted molar refractivity (Wildman–Crippen MR) is 237 cm³/mol. The third-order valence-electron chi connectivity index (χ3n) is 9.25. The molecule has 0 radical (unpaired) electrons. The van der Waals surface area contributed by atoms with Crippen molar-refractivity contribution in [3.8, 4) is 17.2 Å². The third-order valence-corrected chi connectivity index (χ3v) is 10.1. The number of carbonyl (C=O) groups is 3. The molecule has 0 saturated carbocycles. The van der Waals surface area contributed by atoms with Crippen LogP contribution in [0.4, 0.5) is 18.9 Å². The van der Waals surface area contributed by atoms with Crippen molar-refractivity contribution in [2.75, 3.05) is 44.4 Å². The number of methoxy groups -OCH3 is 2. The fraction of sp³-hybridized carbons (Fsp3) is 0.419. The number of carboxylic acid groups (broad SMARTS) is 1. The second-order valence-electron chi connectivity index (χ2n) is 14.2. The van der Waals surface area contributed by atoms with Crippen molar-refractivity contribution < 1.29 is 66.0 Å². The molecule has 22 heteroatoms. The molecule has 4 N–H and O–H groups in total. The molecule has 0 fully saturated rings. The van der Waals surface area contributed by atoms with Crippen molar-refractivity contribution in [1.82, 2.24) is 14.5 Å². The van der Waals surface area contributed by atoms with Crippen LogP contribution in [0.25, 0.3) is 5.69 Å². The number of rotatable bonds is 18. The summed E-state index contributed by atoms with van der Waals surface area (Å²) in [6.45, 7) is 9.75. The van der Waals surface area contributed by atoms with E-state index in [1.165, 1.54) is 31.4 Å². The molecule has 2 atom stereocenters. The number of aromatic nitrogens is 2. The van der Waals surface area contributed by atoms with E-state index in [1.54, 1.807) is 18.9 Å². The number of para-hydroxylation sites is 1. The number of hydrogen-bond donors (Lipinski definition) is 4. The average molecular weight is 959 g/mol. The van der Waals surface area contributed by atoms with E-state index in [0.29, 0.717) is 38.9 Å². The Bertz CT molecular complexity index is 2390. The minimum Gasteiger partial charge on any atom is -0.489 e. The number of halogens is 4. The van der Waals surface area contributed by atoms with Crippen LogP contribution in [0.3, 0.4) is 0 Å². The molecule has 1 aromatic heterocycles. The lowest BCUT2D eigenvalue weighted by molar-refractivity contribution is -0.148. The molecule has 65 heavy (non-hydrogen) atoms. The van der Waals surface area contributed by atoms with Gasteiger partial charge in [0.2, 0.25) is 5.91 Å². The van der Waals surface area contributed by atoms with Gasteiger partial charge in [-0.3, -0.25) is 28.8 Å². The molecule has 17 nitrogen and oxygen atoms in total. The molecule has 0 spiro atoms. The molecule has 3 aromatic carbocycles. The number of aryl methyl sites for hydroxylation is 3. The smallest absolute Gasteiger partial charge is 0.431 e. The molecule has 0 aliphatic carbocycles. The van der Waals surface area contributed by atoms with E-state index in [4.69, 9.17) is 45.4 Å². The summed E-state index contributed by atoms with van der Waals surface area (Å²) in [5, 5.41) is 10.1. The van der Waals surface area contributed by atoms with Crippen LogP contribution >= 0.6 is 19.2 Å². The molecule has 0 bridgehead atoms. The molecular weight excluding hydrogens is 904 g/mol. The average Bonchev–Trinajstić information content (AvgIpc) is 3.24. The number of anilines is 1. The maximum atomic E-state index is 13.1. The van der Waals surface area contributed by atoms with Gasteiger partial charge in [0.1, 0.15) is 29.7 Å². The number of benzene rings is 3. The molecule has 1 amide bonds. The van der Waals surface area contributed by atoms with Crippen LogP contribution in [0.2, 0.25) is 0 Å². The van der Waals surface area contributed by atoms with Gasteiger partial charge in [0.15, 0.2) is 6.10 Å². The first kappa shape index (κ1) is 55.6. The first-order chi connectivity index (χ1) is 30.4. The Morgan fingerprint density at radius 3 is 2.12 bits per heavy atom. The molecule has 0 saturated heterocycles. The van der Waals surface area contributed by atoms with E-state index in [0.717, 1.165) is 42.3 Å². The Kier molecular flexibility index (Phi) is 22.1. The van der Waals surface area contributed by atoms with Crippen LogP contribution in [0.1, 0.15) is 55.6 Å². The zero-order chi connectivity index (χ0) is 49.2. The van der Waals surface area contributed by atoms with Crippen LogP contribution in [0.15, 0.2) is 76.3 Å². The molecular formula is C43H55ClF3N4O13P. The fourth-order valence-corrected chi connectivity index (χ4v) is 6.60. The largest absolute Gasteiger partial charge is 0.489 e. The number of aliphatic carboxylic acids is 1. The lowest BCUT2D eigenvalue weighted by Gasteiger charge is -2.31. The highest BCUT2D eigenvalue weighted by atomic mass is 35.5. The van der Waals surface area contributed by atoms with Crippen LogP contribution in [0, 0.1) is 6.92 Å². The Labute approximate surface area is 378 Å².